The van der Waals surface area contributed by atoms with E-state index in [9.17, 15) is 13.2 Å². The normalized spacial score (nSPS) is 28.3. The molecule has 16 heavy (non-hydrogen) atoms. The van der Waals surface area contributed by atoms with Gasteiger partial charge in [0.25, 0.3) is 0 Å². The van der Waals surface area contributed by atoms with Crippen molar-refractivity contribution in [2.75, 3.05) is 11.5 Å². The summed E-state index contributed by atoms with van der Waals surface area (Å²) in [7, 11) is -2.95. The maximum Gasteiger partial charge on any atom is 0.227 e. The minimum Gasteiger partial charge on any atom is -0.337 e. The minimum absolute atomic E-state index is 0.0542. The maximum atomic E-state index is 12.2. The van der Waals surface area contributed by atoms with E-state index in [-0.39, 0.29) is 29.4 Å². The van der Waals surface area contributed by atoms with Crippen LogP contribution in [0.3, 0.4) is 0 Å². The van der Waals surface area contributed by atoms with Crippen LogP contribution in [0.25, 0.3) is 0 Å². The first-order valence-electron chi connectivity index (χ1n) is 5.93. The van der Waals surface area contributed by atoms with Crippen LogP contribution in [0.2, 0.25) is 0 Å². The van der Waals surface area contributed by atoms with Crippen molar-refractivity contribution < 1.29 is 13.2 Å². The summed E-state index contributed by atoms with van der Waals surface area (Å²) in [5, 5.41) is 0. The van der Waals surface area contributed by atoms with E-state index in [1.54, 1.807) is 0 Å². The molecule has 1 heterocycles. The molecule has 0 aromatic heterocycles. The first-order chi connectivity index (χ1) is 7.41. The molecule has 2 fully saturated rings. The average molecular weight is 245 g/mol. The summed E-state index contributed by atoms with van der Waals surface area (Å²) >= 11 is 0. The highest BCUT2D eigenvalue weighted by Gasteiger charge is 2.41. The molecule has 0 spiro atoms. The van der Waals surface area contributed by atoms with Crippen molar-refractivity contribution in [3.8, 4) is 0 Å². The molecule has 1 saturated carbocycles. The lowest BCUT2D eigenvalue weighted by atomic mass is 10.1. The van der Waals surface area contributed by atoms with Crippen molar-refractivity contribution in [1.82, 2.24) is 4.90 Å². The lowest BCUT2D eigenvalue weighted by Crippen LogP contribution is -2.42. The Morgan fingerprint density at radius 1 is 1.25 bits per heavy atom. The van der Waals surface area contributed by atoms with Gasteiger partial charge in [0.1, 0.15) is 0 Å². The Hall–Kier alpha value is -0.580. The Morgan fingerprint density at radius 2 is 1.88 bits per heavy atom. The number of carbonyl (C=O) groups is 1. The van der Waals surface area contributed by atoms with E-state index < -0.39 is 9.84 Å². The second kappa shape index (κ2) is 4.02. The Labute approximate surface area is 96.9 Å². The van der Waals surface area contributed by atoms with E-state index in [0.717, 1.165) is 12.8 Å². The van der Waals surface area contributed by atoms with E-state index in [1.165, 1.54) is 0 Å². The fourth-order valence-electron chi connectivity index (χ4n) is 2.41. The molecular weight excluding hydrogens is 226 g/mol. The smallest absolute Gasteiger partial charge is 0.227 e. The van der Waals surface area contributed by atoms with Crippen LogP contribution in [0, 0.1) is 5.92 Å². The number of rotatable bonds is 3. The fourth-order valence-corrected chi connectivity index (χ4v) is 4.14. The molecule has 0 aromatic rings. The SMILES string of the molecule is CC(C)N(C(=O)C1CCS(=O)(=O)C1)C1CC1. The van der Waals surface area contributed by atoms with Crippen molar-refractivity contribution in [3.63, 3.8) is 0 Å². The predicted molar refractivity (Wildman–Crippen MR) is 61.8 cm³/mol. The Morgan fingerprint density at radius 3 is 2.25 bits per heavy atom. The lowest BCUT2D eigenvalue weighted by molar-refractivity contribution is -0.137. The van der Waals surface area contributed by atoms with Crippen molar-refractivity contribution in [2.45, 2.75) is 45.2 Å². The third-order valence-corrected chi connectivity index (χ3v) is 5.10. The molecule has 2 aliphatic rings. The van der Waals surface area contributed by atoms with E-state index in [1.807, 2.05) is 18.7 Å². The van der Waals surface area contributed by atoms with E-state index in [0.29, 0.717) is 12.5 Å². The van der Waals surface area contributed by atoms with Gasteiger partial charge < -0.3 is 4.90 Å². The van der Waals surface area contributed by atoms with Crippen LogP contribution in [0.4, 0.5) is 0 Å². The van der Waals surface area contributed by atoms with Gasteiger partial charge in [-0.3, -0.25) is 4.79 Å². The number of hydrogen-bond donors (Lipinski definition) is 0. The van der Waals surface area contributed by atoms with Gasteiger partial charge in [-0.2, -0.15) is 0 Å². The summed E-state index contributed by atoms with van der Waals surface area (Å²) in [5.74, 6) is 0.00786. The van der Waals surface area contributed by atoms with Crippen LogP contribution >= 0.6 is 0 Å². The quantitative estimate of drug-likeness (QED) is 0.739. The van der Waals surface area contributed by atoms with E-state index in [4.69, 9.17) is 0 Å². The van der Waals surface area contributed by atoms with Crippen LogP contribution in [0.5, 0.6) is 0 Å². The molecule has 0 bridgehead atoms. The topological polar surface area (TPSA) is 54.5 Å². The molecule has 2 rings (SSSR count). The van der Waals surface area contributed by atoms with Gasteiger partial charge in [0.15, 0.2) is 9.84 Å². The summed E-state index contributed by atoms with van der Waals surface area (Å²) < 4.78 is 22.7. The van der Waals surface area contributed by atoms with Gasteiger partial charge in [-0.1, -0.05) is 0 Å². The van der Waals surface area contributed by atoms with Crippen LogP contribution in [0.1, 0.15) is 33.1 Å². The highest BCUT2D eigenvalue weighted by molar-refractivity contribution is 7.91. The van der Waals surface area contributed by atoms with Crippen molar-refractivity contribution in [1.29, 1.82) is 0 Å². The third-order valence-electron chi connectivity index (χ3n) is 3.33. The molecule has 1 aliphatic carbocycles. The van der Waals surface area contributed by atoms with Gasteiger partial charge >= 0.3 is 0 Å². The zero-order chi connectivity index (χ0) is 11.9. The summed E-state index contributed by atoms with van der Waals surface area (Å²) in [6, 6.07) is 0.555. The first kappa shape index (κ1) is 11.9. The molecule has 0 aromatic carbocycles. The van der Waals surface area contributed by atoms with Gasteiger partial charge in [0, 0.05) is 12.1 Å². The molecule has 5 heteroatoms. The molecule has 0 radical (unpaired) electrons. The van der Waals surface area contributed by atoms with Crippen molar-refractivity contribution in [2.24, 2.45) is 5.92 Å². The molecule has 92 valence electrons. The largest absolute Gasteiger partial charge is 0.337 e. The standard InChI is InChI=1S/C11H19NO3S/c1-8(2)12(10-3-4-10)11(13)9-5-6-16(14,15)7-9/h8-10H,3-7H2,1-2H3. The molecule has 1 atom stereocenters. The van der Waals surface area contributed by atoms with Crippen LogP contribution in [0.15, 0.2) is 0 Å². The van der Waals surface area contributed by atoms with Crippen molar-refractivity contribution in [3.05, 3.63) is 0 Å². The van der Waals surface area contributed by atoms with Gasteiger partial charge in [0.05, 0.1) is 17.4 Å². The van der Waals surface area contributed by atoms with Gasteiger partial charge in [-0.15, -0.1) is 0 Å². The van der Waals surface area contributed by atoms with Crippen LogP contribution in [-0.2, 0) is 14.6 Å². The predicted octanol–water partition coefficient (Wildman–Crippen LogP) is 0.820. The molecule has 1 aliphatic heterocycles. The Bertz CT molecular complexity index is 382. The second-order valence-corrected chi connectivity index (χ2v) is 7.40. The zero-order valence-electron chi connectivity index (χ0n) is 9.85. The number of sulfone groups is 1. The number of nitrogens with zero attached hydrogens (tertiary/aromatic N) is 1. The molecule has 1 saturated heterocycles. The van der Waals surface area contributed by atoms with Crippen LogP contribution in [-0.4, -0.2) is 42.8 Å². The molecule has 0 N–H and O–H groups in total. The van der Waals surface area contributed by atoms with Gasteiger partial charge in [-0.25, -0.2) is 8.42 Å². The van der Waals surface area contributed by atoms with Crippen LogP contribution < -0.4 is 0 Å². The summed E-state index contributed by atoms with van der Waals surface area (Å²) in [5.41, 5.74) is 0. The maximum absolute atomic E-state index is 12.2. The zero-order valence-corrected chi connectivity index (χ0v) is 10.7. The summed E-state index contributed by atoms with van der Waals surface area (Å²) in [6.45, 7) is 4.00. The first-order valence-corrected chi connectivity index (χ1v) is 7.75. The number of amides is 1. The highest BCUT2D eigenvalue weighted by atomic mass is 32.2. The van der Waals surface area contributed by atoms with E-state index >= 15 is 0 Å². The molecule has 1 amide bonds. The molecule has 1 unspecified atom stereocenters. The second-order valence-electron chi connectivity index (χ2n) is 5.17. The Balaban J connectivity index is 2.06. The average Bonchev–Trinajstić information content (AvgIpc) is 2.90. The van der Waals surface area contributed by atoms with E-state index in [2.05, 4.69) is 0 Å². The Kier molecular flexibility index (Phi) is 2.99. The minimum atomic E-state index is -2.95. The number of carbonyl (C=O) groups excluding carboxylic acids is 1. The van der Waals surface area contributed by atoms with Gasteiger partial charge in [-0.05, 0) is 33.1 Å². The molecular formula is C11H19NO3S. The monoisotopic (exact) mass is 245 g/mol. The summed E-state index contributed by atoms with van der Waals surface area (Å²) in [6.07, 6.45) is 2.66. The fraction of sp³-hybridized carbons (Fsp3) is 0.909. The van der Waals surface area contributed by atoms with Gasteiger partial charge in [0.2, 0.25) is 5.91 Å². The highest BCUT2D eigenvalue weighted by Crippen LogP contribution is 2.32. The number of hydrogen-bond acceptors (Lipinski definition) is 3. The third kappa shape index (κ3) is 2.39. The molecule has 4 nitrogen and oxygen atoms in total. The summed E-state index contributed by atoms with van der Waals surface area (Å²) in [4.78, 5) is 14.1. The van der Waals surface area contributed by atoms with Crippen molar-refractivity contribution >= 4 is 15.7 Å². The lowest BCUT2D eigenvalue weighted by Gasteiger charge is -2.29.